The Hall–Kier alpha value is 2.08. The van der Waals surface area contributed by atoms with Gasteiger partial charge in [-0.25, -0.2) is 0 Å². The second kappa shape index (κ2) is 137. The molecule has 372 valence electrons. The molecule has 0 aromatic heterocycles. The molecule has 0 heterocycles. The number of hydrogen-bond acceptors (Lipinski definition) is 15. The normalized spacial score (nSPS) is 9.39. The van der Waals surface area contributed by atoms with Crippen molar-refractivity contribution in [2.24, 2.45) is 15.8 Å². The van der Waals surface area contributed by atoms with Crippen molar-refractivity contribution in [3.05, 3.63) is 58.6 Å². The predicted octanol–water partition coefficient (Wildman–Crippen LogP) is 4.62. The molecule has 11 N–H and O–H groups in total. The van der Waals surface area contributed by atoms with Crippen LogP contribution in [0.1, 0.15) is 63.7 Å². The average molecular weight is 1790 g/mol. The van der Waals surface area contributed by atoms with Gasteiger partial charge in [-0.15, -0.1) is 36.7 Å². The van der Waals surface area contributed by atoms with Crippen LogP contribution in [0.25, 0.3) is 37.6 Å². The Morgan fingerprint density at radius 2 is 1.11 bits per heavy atom. The molecule has 0 amide bonds. The van der Waals surface area contributed by atoms with Gasteiger partial charge in [-0.3, -0.25) is 32.1 Å². The van der Waals surface area contributed by atoms with Crippen molar-refractivity contribution < 1.29 is 149 Å². The molecule has 5 atom stereocenters. The van der Waals surface area contributed by atoms with Crippen molar-refractivity contribution in [2.75, 3.05) is 31.5 Å². The molecular formula is C29H66Br3Cl3IN11NaO11W3-. The van der Waals surface area contributed by atoms with E-state index >= 15 is 0 Å². The molecule has 0 saturated heterocycles. The smallest absolute Gasteiger partial charge is 0.812 e. The third kappa shape index (κ3) is 574. The second-order valence-electron chi connectivity index (χ2n) is 8.74. The van der Waals surface area contributed by atoms with Gasteiger partial charge in [0.05, 0.1) is 24.1 Å². The standard InChI is InChI=1S/C4H10NO.C4H8NO.C3H5BrO.C3H5N3O.C3H9NO.C3H8NO.C3H6NO.C3H6O.C2H3O.CHCl3.Br2.HI.N3.Na.H2O2.3W.H2/c2*1-4(6)3-5-2;1-3(5)2-4;1-3(7)2-5-6-4;3*1-3(5)2-4;1-3(2)4;1-2-3;2-1(3)4;1-2;;1-3-2;;1-2;;;;/h4-6H,2-3H2,1H3;3-4,6H,2H2,1H3;2H2,1H3;2H2,1H3;3,5H,2,4H2,1H3;3-5H,2H2,1H3;2-3,5H,1H3;1-2H3;2H,1H2;1H;;1H;;;1-2H;;;;1H/q2*-1;;;;2*-1;;-1;;;;-1;+1;;;2*+2;. The van der Waals surface area contributed by atoms with E-state index in [1.807, 2.05) is 0 Å². The Bertz CT molecular complexity index is 891. The van der Waals surface area contributed by atoms with Gasteiger partial charge in [-0.05, 0) is 80.7 Å². The Labute approximate surface area is 490 Å². The molecule has 0 aromatic carbocycles. The third-order valence-corrected chi connectivity index (χ3v) is 2.95. The number of hydrogen-bond donors (Lipinski definition) is 9. The zero-order chi connectivity index (χ0) is 49.4. The summed E-state index contributed by atoms with van der Waals surface area (Å²) in [6.07, 6.45) is 0.380. The monoisotopic (exact) mass is 1790 g/mol. The fraction of sp³-hybridized carbons (Fsp3) is 0.690. The number of ketones is 3. The zero-order valence-electron chi connectivity index (χ0n) is 36.2. The van der Waals surface area contributed by atoms with E-state index in [-0.39, 0.29) is 161 Å². The summed E-state index contributed by atoms with van der Waals surface area (Å²) in [6.45, 7) is 17.8. The van der Waals surface area contributed by atoms with Crippen LogP contribution in [0.2, 0.25) is 0 Å². The molecule has 5 unspecified atom stereocenters. The Balaban J connectivity index is -0.0000000197. The van der Waals surface area contributed by atoms with Crippen molar-refractivity contribution in [2.45, 2.75) is 97.1 Å². The van der Waals surface area contributed by atoms with E-state index in [0.717, 1.165) is 6.21 Å². The number of alkyl halides is 4. The molecule has 0 aliphatic carbocycles. The van der Waals surface area contributed by atoms with Gasteiger partial charge >= 0.3 is 71.7 Å². The van der Waals surface area contributed by atoms with Crippen molar-refractivity contribution in [3.63, 3.8) is 0 Å². The van der Waals surface area contributed by atoms with Crippen LogP contribution in [-0.2, 0) is 82.4 Å². The van der Waals surface area contributed by atoms with E-state index < -0.39 is 22.6 Å². The topological polar surface area (TPSA) is 414 Å². The van der Waals surface area contributed by atoms with Gasteiger partial charge in [-0.2, -0.15) is 13.3 Å². The van der Waals surface area contributed by atoms with Crippen LogP contribution >= 0.6 is 103 Å². The Morgan fingerprint density at radius 3 is 1.13 bits per heavy atom. The van der Waals surface area contributed by atoms with E-state index in [4.69, 9.17) is 109 Å². The molecule has 22 nitrogen and oxygen atoms in total. The number of aliphatic hydroxyl groups is 5. The molecule has 62 heavy (non-hydrogen) atoms. The van der Waals surface area contributed by atoms with Gasteiger partial charge in [0.2, 0.25) is 0 Å². The summed E-state index contributed by atoms with van der Waals surface area (Å²) in [5, 5.41) is 67.1. The minimum absolute atomic E-state index is 0. The number of aldehydes is 1. The van der Waals surface area contributed by atoms with Crippen LogP contribution in [0.3, 0.4) is 0 Å². The van der Waals surface area contributed by atoms with E-state index in [9.17, 15) is 14.4 Å². The van der Waals surface area contributed by atoms with Crippen molar-refractivity contribution in [1.29, 1.82) is 0 Å². The first-order valence-corrected chi connectivity index (χ1v) is 20.9. The molecule has 0 spiro atoms. The average Bonchev–Trinajstić information content (AvgIpc) is 3.10. The number of carbonyl (C=O) groups is 4. The molecular weight excluding hydrogens is 1730 g/mol. The first kappa shape index (κ1) is 120. The molecule has 0 rings (SSSR count). The number of nitrogens with zero attached hydrogens (tertiary/aromatic N) is 8. The number of rotatable bonds is 9. The number of carbonyl (C=O) groups excluding carboxylic acids is 4. The van der Waals surface area contributed by atoms with Gasteiger partial charge < -0.3 is 80.3 Å². The maximum Gasteiger partial charge on any atom is 2.00 e. The number of nitrogens with one attached hydrogen (secondary N) is 2. The molecule has 0 aromatic rings. The van der Waals surface area contributed by atoms with Crippen LogP contribution in [0.15, 0.2) is 10.1 Å². The van der Waals surface area contributed by atoms with Gasteiger partial charge in [0.25, 0.3) is 0 Å². The van der Waals surface area contributed by atoms with Crippen LogP contribution in [-0.4, -0.2) is 138 Å². The molecule has 0 fully saturated rings. The first-order valence-electron chi connectivity index (χ1n) is 14.7. The molecule has 0 radical (unpaired) electrons. The van der Waals surface area contributed by atoms with Gasteiger partial charge in [0.1, 0.15) is 17.3 Å². The molecule has 0 aliphatic heterocycles. The van der Waals surface area contributed by atoms with E-state index in [0.29, 0.717) is 24.7 Å². The summed E-state index contributed by atoms with van der Waals surface area (Å²) in [5.74, 6) is 0.225. The Morgan fingerprint density at radius 1 is 0.887 bits per heavy atom. The summed E-state index contributed by atoms with van der Waals surface area (Å²) >= 11 is 22.9. The number of aliphatic hydroxyl groups excluding tert-OH is 5. The fourth-order valence-electron chi connectivity index (χ4n) is 0.493. The molecule has 0 saturated carbocycles. The van der Waals surface area contributed by atoms with Gasteiger partial charge in [0.15, 0.2) is 4.30 Å². The second-order valence-corrected chi connectivity index (χ2v) is 11.3. The van der Waals surface area contributed by atoms with Crippen LogP contribution in [0.5, 0.6) is 0 Å². The summed E-state index contributed by atoms with van der Waals surface area (Å²) in [7, 11) is 6.45. The third-order valence-electron chi connectivity index (χ3n) is 2.16. The van der Waals surface area contributed by atoms with E-state index in [2.05, 4.69) is 85.5 Å². The quantitative estimate of drug-likeness (QED) is 0.0130. The SMILES string of the molecule is BrBr.CC(=O)CBr.CC(=O)CN=[N+]=[N-].CC(C)=O.CC(O)C=[N-].CC(O)CN.CC(O)C[NH-].ClC(Cl)Cl.I.OO.[CH2-]C=O.[CH2-]N=CC(C)O.[CH2-]NCC(C)O.[HH].[N-]=[N+]=[N-].[Na+].[W+2].[W+2].[W]. The van der Waals surface area contributed by atoms with Crippen LogP contribution in [0.4, 0.5) is 0 Å². The summed E-state index contributed by atoms with van der Waals surface area (Å²) in [6, 6.07) is 0. The largest absolute Gasteiger partial charge is 2.00 e. The molecule has 0 bridgehead atoms. The maximum atomic E-state index is 9.94. The van der Waals surface area contributed by atoms with E-state index in [1.54, 1.807) is 27.7 Å². The fourth-order valence-corrected chi connectivity index (χ4v) is 0.493. The van der Waals surface area contributed by atoms with Crippen molar-refractivity contribution in [1.82, 2.24) is 5.32 Å². The van der Waals surface area contributed by atoms with Gasteiger partial charge in [-0.1, -0.05) is 55.8 Å². The molecule has 0 aliphatic rings. The van der Waals surface area contributed by atoms with Gasteiger partial charge in [0, 0.05) is 80.5 Å². The maximum absolute atomic E-state index is 9.94. The van der Waals surface area contributed by atoms with Crippen LogP contribution < -0.4 is 40.6 Å². The van der Waals surface area contributed by atoms with Crippen molar-refractivity contribution in [3.8, 4) is 0 Å². The van der Waals surface area contributed by atoms with Crippen LogP contribution in [0, 0.1) is 21.0 Å². The minimum Gasteiger partial charge on any atom is -0.812 e. The first-order chi connectivity index (χ1) is 26.2. The number of halogens is 7. The summed E-state index contributed by atoms with van der Waals surface area (Å²) in [4.78, 5) is 45.0. The number of aliphatic imine (C=N–C) groups is 1. The molecule has 33 heteroatoms. The van der Waals surface area contributed by atoms with Crippen molar-refractivity contribution >= 4 is 139 Å². The van der Waals surface area contributed by atoms with E-state index in [1.165, 1.54) is 45.7 Å². The number of Topliss-reactive ketones (excluding diaryl/α,β-unsaturated/α-hetero) is 3. The Kier molecular flexibility index (Phi) is 266. The zero-order valence-corrected chi connectivity index (χ0v) is 56.3. The number of azide groups is 1. The summed E-state index contributed by atoms with van der Waals surface area (Å²) in [5.41, 5.74) is 32.4. The minimum atomic E-state index is -0.750. The number of nitrogens with two attached hydrogens (primary N) is 1. The predicted molar refractivity (Wildman–Crippen MR) is 262 cm³/mol. The summed E-state index contributed by atoms with van der Waals surface area (Å²) < 4.78 is -0.750.